The number of furan rings is 1. The van der Waals surface area contributed by atoms with Gasteiger partial charge >= 0.3 is 0 Å². The standard InChI is InChI=1S/C16H21NO3/c1-5-17-15(16-11(2)8-9-20-16)13-7-6-12(18-3)10-14(13)19-4/h6-10,15,17H,5H2,1-4H3. The fourth-order valence-electron chi connectivity index (χ4n) is 2.29. The quantitative estimate of drug-likeness (QED) is 0.878. The fraction of sp³-hybridized carbons (Fsp3) is 0.375. The van der Waals surface area contributed by atoms with Gasteiger partial charge in [0.1, 0.15) is 17.3 Å². The molecule has 4 heteroatoms. The molecule has 2 aromatic rings. The molecule has 108 valence electrons. The number of hydrogen-bond donors (Lipinski definition) is 1. The summed E-state index contributed by atoms with van der Waals surface area (Å²) in [7, 11) is 3.31. The SMILES string of the molecule is CCNC(c1ccc(OC)cc1OC)c1occc1C. The predicted octanol–water partition coefficient (Wildman–Crippen LogP) is 3.30. The second-order valence-electron chi connectivity index (χ2n) is 4.57. The van der Waals surface area contributed by atoms with Gasteiger partial charge in [0.25, 0.3) is 0 Å². The van der Waals surface area contributed by atoms with E-state index in [1.807, 2.05) is 31.2 Å². The first kappa shape index (κ1) is 14.5. The summed E-state index contributed by atoms with van der Waals surface area (Å²) in [6.45, 7) is 4.94. The number of ether oxygens (including phenoxy) is 2. The first-order valence-electron chi connectivity index (χ1n) is 6.70. The molecule has 1 unspecified atom stereocenters. The van der Waals surface area contributed by atoms with Gasteiger partial charge in [0.2, 0.25) is 0 Å². The van der Waals surface area contributed by atoms with E-state index in [4.69, 9.17) is 13.9 Å². The number of benzene rings is 1. The molecule has 0 amide bonds. The lowest BCUT2D eigenvalue weighted by atomic mass is 10.0. The van der Waals surface area contributed by atoms with Crippen molar-refractivity contribution in [2.45, 2.75) is 19.9 Å². The minimum atomic E-state index is -0.0316. The van der Waals surface area contributed by atoms with Gasteiger partial charge in [-0.1, -0.05) is 6.92 Å². The van der Waals surface area contributed by atoms with Gasteiger partial charge in [-0.15, -0.1) is 0 Å². The fourth-order valence-corrected chi connectivity index (χ4v) is 2.29. The molecule has 1 atom stereocenters. The van der Waals surface area contributed by atoms with E-state index in [0.29, 0.717) is 0 Å². The second-order valence-corrected chi connectivity index (χ2v) is 4.57. The molecular weight excluding hydrogens is 254 g/mol. The number of hydrogen-bond acceptors (Lipinski definition) is 4. The van der Waals surface area contributed by atoms with Crippen LogP contribution in [-0.2, 0) is 0 Å². The molecule has 20 heavy (non-hydrogen) atoms. The minimum absolute atomic E-state index is 0.0316. The van der Waals surface area contributed by atoms with Crippen LogP contribution in [0.3, 0.4) is 0 Å². The Morgan fingerprint density at radius 2 is 2.00 bits per heavy atom. The average molecular weight is 275 g/mol. The summed E-state index contributed by atoms with van der Waals surface area (Å²) in [5.41, 5.74) is 2.15. The number of methoxy groups -OCH3 is 2. The maximum absolute atomic E-state index is 5.64. The van der Waals surface area contributed by atoms with E-state index in [0.717, 1.165) is 34.9 Å². The van der Waals surface area contributed by atoms with E-state index in [9.17, 15) is 0 Å². The number of rotatable bonds is 6. The molecule has 0 aliphatic carbocycles. The summed E-state index contributed by atoms with van der Waals surface area (Å²) in [5, 5.41) is 3.44. The summed E-state index contributed by atoms with van der Waals surface area (Å²) in [6, 6.07) is 7.76. The molecule has 0 saturated carbocycles. The third-order valence-corrected chi connectivity index (χ3v) is 3.32. The van der Waals surface area contributed by atoms with Crippen molar-refractivity contribution in [3.05, 3.63) is 47.4 Å². The average Bonchev–Trinajstić information content (AvgIpc) is 2.90. The predicted molar refractivity (Wildman–Crippen MR) is 78.5 cm³/mol. The van der Waals surface area contributed by atoms with Crippen LogP contribution in [-0.4, -0.2) is 20.8 Å². The zero-order valence-electron chi connectivity index (χ0n) is 12.4. The topological polar surface area (TPSA) is 43.6 Å². The van der Waals surface area contributed by atoms with Crippen molar-refractivity contribution in [3.63, 3.8) is 0 Å². The maximum Gasteiger partial charge on any atom is 0.128 e. The molecular formula is C16H21NO3. The van der Waals surface area contributed by atoms with E-state index in [-0.39, 0.29) is 6.04 Å². The lowest BCUT2D eigenvalue weighted by Gasteiger charge is -2.20. The maximum atomic E-state index is 5.64. The van der Waals surface area contributed by atoms with Gasteiger partial charge in [-0.3, -0.25) is 0 Å². The highest BCUT2D eigenvalue weighted by Crippen LogP contribution is 2.34. The smallest absolute Gasteiger partial charge is 0.128 e. The number of aryl methyl sites for hydroxylation is 1. The molecule has 0 fully saturated rings. The zero-order valence-corrected chi connectivity index (χ0v) is 12.4. The first-order valence-corrected chi connectivity index (χ1v) is 6.70. The Balaban J connectivity index is 2.46. The van der Waals surface area contributed by atoms with Gasteiger partial charge in [-0.2, -0.15) is 0 Å². The van der Waals surface area contributed by atoms with Crippen molar-refractivity contribution in [1.29, 1.82) is 0 Å². The Hall–Kier alpha value is -1.94. The molecule has 1 N–H and O–H groups in total. The molecule has 0 spiro atoms. The minimum Gasteiger partial charge on any atom is -0.497 e. The van der Waals surface area contributed by atoms with E-state index in [2.05, 4.69) is 12.2 Å². The van der Waals surface area contributed by atoms with Crippen LogP contribution < -0.4 is 14.8 Å². The molecule has 1 heterocycles. The van der Waals surface area contributed by atoms with Crippen LogP contribution in [0, 0.1) is 6.92 Å². The Morgan fingerprint density at radius 3 is 2.55 bits per heavy atom. The van der Waals surface area contributed by atoms with Crippen molar-refractivity contribution >= 4 is 0 Å². The van der Waals surface area contributed by atoms with Gasteiger partial charge < -0.3 is 19.2 Å². The zero-order chi connectivity index (χ0) is 14.5. The van der Waals surface area contributed by atoms with Crippen molar-refractivity contribution in [1.82, 2.24) is 5.32 Å². The third-order valence-electron chi connectivity index (χ3n) is 3.32. The van der Waals surface area contributed by atoms with Gasteiger partial charge in [0, 0.05) is 11.6 Å². The monoisotopic (exact) mass is 275 g/mol. The molecule has 1 aromatic heterocycles. The molecule has 0 radical (unpaired) electrons. The van der Waals surface area contributed by atoms with Crippen LogP contribution >= 0.6 is 0 Å². The van der Waals surface area contributed by atoms with Crippen LogP contribution in [0.4, 0.5) is 0 Å². The van der Waals surface area contributed by atoms with Crippen LogP contribution in [0.15, 0.2) is 34.9 Å². The second kappa shape index (κ2) is 6.48. The largest absolute Gasteiger partial charge is 0.497 e. The Kier molecular flexibility index (Phi) is 4.69. The van der Waals surface area contributed by atoms with E-state index in [1.54, 1.807) is 20.5 Å². The highest BCUT2D eigenvalue weighted by Gasteiger charge is 2.22. The van der Waals surface area contributed by atoms with Gasteiger partial charge in [0.15, 0.2) is 0 Å². The van der Waals surface area contributed by atoms with E-state index in [1.165, 1.54) is 0 Å². The summed E-state index contributed by atoms with van der Waals surface area (Å²) in [4.78, 5) is 0. The molecule has 0 aliphatic rings. The van der Waals surface area contributed by atoms with Gasteiger partial charge in [-0.25, -0.2) is 0 Å². The van der Waals surface area contributed by atoms with E-state index < -0.39 is 0 Å². The Bertz CT molecular complexity index is 563. The van der Waals surface area contributed by atoms with Gasteiger partial charge in [0.05, 0.1) is 26.5 Å². The van der Waals surface area contributed by atoms with E-state index >= 15 is 0 Å². The summed E-state index contributed by atoms with van der Waals surface area (Å²) in [6.07, 6.45) is 1.71. The molecule has 0 saturated heterocycles. The first-order chi connectivity index (χ1) is 9.71. The molecule has 0 aliphatic heterocycles. The summed E-state index contributed by atoms with van der Waals surface area (Å²) >= 11 is 0. The highest BCUT2D eigenvalue weighted by atomic mass is 16.5. The van der Waals surface area contributed by atoms with Crippen LogP contribution in [0.25, 0.3) is 0 Å². The molecule has 4 nitrogen and oxygen atoms in total. The van der Waals surface area contributed by atoms with Crippen molar-refractivity contribution in [2.24, 2.45) is 0 Å². The molecule has 1 aromatic carbocycles. The van der Waals surface area contributed by atoms with Crippen LogP contribution in [0.5, 0.6) is 11.5 Å². The summed E-state index contributed by atoms with van der Waals surface area (Å²) < 4.78 is 16.4. The molecule has 0 bridgehead atoms. The van der Waals surface area contributed by atoms with Crippen LogP contribution in [0.2, 0.25) is 0 Å². The van der Waals surface area contributed by atoms with Gasteiger partial charge in [-0.05, 0) is 37.2 Å². The van der Waals surface area contributed by atoms with Crippen molar-refractivity contribution in [3.8, 4) is 11.5 Å². The lowest BCUT2D eigenvalue weighted by Crippen LogP contribution is -2.22. The highest BCUT2D eigenvalue weighted by molar-refractivity contribution is 5.45. The normalized spacial score (nSPS) is 12.2. The Morgan fingerprint density at radius 1 is 1.20 bits per heavy atom. The Labute approximate surface area is 119 Å². The lowest BCUT2D eigenvalue weighted by molar-refractivity contribution is 0.381. The summed E-state index contributed by atoms with van der Waals surface area (Å²) in [5.74, 6) is 2.47. The van der Waals surface area contributed by atoms with Crippen molar-refractivity contribution in [2.75, 3.05) is 20.8 Å². The number of nitrogens with one attached hydrogen (secondary N) is 1. The van der Waals surface area contributed by atoms with Crippen LogP contribution in [0.1, 0.15) is 29.9 Å². The van der Waals surface area contributed by atoms with Crippen molar-refractivity contribution < 1.29 is 13.9 Å². The third kappa shape index (κ3) is 2.80. The molecule has 2 rings (SSSR count).